The summed E-state index contributed by atoms with van der Waals surface area (Å²) in [6.07, 6.45) is 5.73. The first-order valence-electron chi connectivity index (χ1n) is 6.09. The van der Waals surface area contributed by atoms with Gasteiger partial charge in [-0.1, -0.05) is 13.3 Å². The molecule has 0 aromatic carbocycles. The lowest BCUT2D eigenvalue weighted by Gasteiger charge is -2.06. The molecule has 2 atom stereocenters. The highest BCUT2D eigenvalue weighted by Gasteiger charge is 2.39. The lowest BCUT2D eigenvalue weighted by molar-refractivity contribution is 0.572. The summed E-state index contributed by atoms with van der Waals surface area (Å²) in [6, 6.07) is 0.0823. The third-order valence-electron chi connectivity index (χ3n) is 3.05. The Kier molecular flexibility index (Phi) is 3.82. The normalized spacial score (nSPS) is 22.8. The second kappa shape index (κ2) is 5.19. The van der Waals surface area contributed by atoms with Gasteiger partial charge in [0.1, 0.15) is 4.90 Å². The molecule has 1 aromatic rings. The molecule has 7 heteroatoms. The molecule has 1 aromatic heterocycles. The maximum Gasteiger partial charge on any atom is 0.243 e. The van der Waals surface area contributed by atoms with E-state index in [9.17, 15) is 8.42 Å². The Morgan fingerprint density at radius 2 is 2.06 bits per heavy atom. The van der Waals surface area contributed by atoms with E-state index in [4.69, 9.17) is 0 Å². The minimum atomic E-state index is -3.48. The highest BCUT2D eigenvalue weighted by Crippen LogP contribution is 2.35. The molecule has 2 N–H and O–H groups in total. The fraction of sp³-hybridized carbons (Fsp3) is 0.636. The summed E-state index contributed by atoms with van der Waals surface area (Å²) in [7, 11) is -1.79. The van der Waals surface area contributed by atoms with E-state index >= 15 is 0 Å². The van der Waals surface area contributed by atoms with E-state index in [1.807, 2.05) is 0 Å². The summed E-state index contributed by atoms with van der Waals surface area (Å²) in [4.78, 5) is 7.92. The van der Waals surface area contributed by atoms with Gasteiger partial charge < -0.3 is 5.32 Å². The molecule has 1 aliphatic rings. The maximum absolute atomic E-state index is 12.0. The Hall–Kier alpha value is -1.21. The maximum atomic E-state index is 12.0. The van der Waals surface area contributed by atoms with Crippen molar-refractivity contribution in [2.24, 2.45) is 5.92 Å². The minimum absolute atomic E-state index is 0.0823. The first kappa shape index (κ1) is 13.2. The molecule has 1 fully saturated rings. The van der Waals surface area contributed by atoms with Crippen LogP contribution >= 0.6 is 0 Å². The Morgan fingerprint density at radius 3 is 2.61 bits per heavy atom. The van der Waals surface area contributed by atoms with Crippen molar-refractivity contribution in [2.75, 3.05) is 12.4 Å². The largest absolute Gasteiger partial charge is 0.357 e. The van der Waals surface area contributed by atoms with E-state index in [2.05, 4.69) is 26.9 Å². The molecule has 100 valence electrons. The van der Waals surface area contributed by atoms with E-state index < -0.39 is 10.0 Å². The molecule has 2 rings (SSSR count). The molecule has 6 nitrogen and oxygen atoms in total. The number of sulfonamides is 1. The van der Waals surface area contributed by atoms with Crippen LogP contribution in [-0.4, -0.2) is 31.5 Å². The van der Waals surface area contributed by atoms with Gasteiger partial charge in [0, 0.05) is 13.1 Å². The van der Waals surface area contributed by atoms with Gasteiger partial charge in [0.2, 0.25) is 16.0 Å². The zero-order valence-electron chi connectivity index (χ0n) is 10.5. The Labute approximate surface area is 107 Å². The van der Waals surface area contributed by atoms with Crippen LogP contribution in [0.2, 0.25) is 0 Å². The van der Waals surface area contributed by atoms with Crippen molar-refractivity contribution in [1.82, 2.24) is 14.7 Å². The van der Waals surface area contributed by atoms with Gasteiger partial charge in [-0.25, -0.2) is 23.1 Å². The van der Waals surface area contributed by atoms with Crippen molar-refractivity contribution in [3.05, 3.63) is 12.4 Å². The van der Waals surface area contributed by atoms with E-state index in [1.54, 1.807) is 7.05 Å². The molecule has 2 unspecified atom stereocenters. The van der Waals surface area contributed by atoms with Gasteiger partial charge in [-0.2, -0.15) is 0 Å². The van der Waals surface area contributed by atoms with E-state index in [0.717, 1.165) is 19.3 Å². The summed E-state index contributed by atoms with van der Waals surface area (Å²) >= 11 is 0. The number of anilines is 1. The van der Waals surface area contributed by atoms with Crippen LogP contribution in [0, 0.1) is 5.92 Å². The molecule has 0 saturated heterocycles. The minimum Gasteiger partial charge on any atom is -0.357 e. The average molecular weight is 270 g/mol. The first-order chi connectivity index (χ1) is 8.56. The zero-order chi connectivity index (χ0) is 13.2. The van der Waals surface area contributed by atoms with E-state index in [0.29, 0.717) is 11.9 Å². The van der Waals surface area contributed by atoms with Crippen molar-refractivity contribution in [2.45, 2.75) is 37.1 Å². The number of nitrogens with one attached hydrogen (secondary N) is 2. The lowest BCUT2D eigenvalue weighted by Crippen LogP contribution is -2.27. The highest BCUT2D eigenvalue weighted by molar-refractivity contribution is 7.89. The monoisotopic (exact) mass is 270 g/mol. The number of nitrogens with zero attached hydrogens (tertiary/aromatic N) is 2. The quantitative estimate of drug-likeness (QED) is 0.805. The Bertz CT molecular complexity index is 500. The highest BCUT2D eigenvalue weighted by atomic mass is 32.2. The summed E-state index contributed by atoms with van der Waals surface area (Å²) in [5.74, 6) is 0.895. The van der Waals surface area contributed by atoms with Gasteiger partial charge in [0.05, 0.1) is 12.4 Å². The predicted octanol–water partition coefficient (Wildman–Crippen LogP) is 0.985. The van der Waals surface area contributed by atoms with Crippen LogP contribution in [0.15, 0.2) is 17.3 Å². The van der Waals surface area contributed by atoms with Crippen molar-refractivity contribution in [3.63, 3.8) is 0 Å². The van der Waals surface area contributed by atoms with Crippen LogP contribution in [0.25, 0.3) is 0 Å². The van der Waals surface area contributed by atoms with E-state index in [1.165, 1.54) is 12.4 Å². The van der Waals surface area contributed by atoms with E-state index in [-0.39, 0.29) is 10.9 Å². The van der Waals surface area contributed by atoms with Gasteiger partial charge in [0.25, 0.3) is 0 Å². The molecule has 1 aliphatic carbocycles. The average Bonchev–Trinajstić information content (AvgIpc) is 3.07. The smallest absolute Gasteiger partial charge is 0.243 e. The number of rotatable bonds is 6. The van der Waals surface area contributed by atoms with Crippen LogP contribution in [0.1, 0.15) is 26.2 Å². The third kappa shape index (κ3) is 2.97. The molecule has 0 bridgehead atoms. The molecule has 1 heterocycles. The predicted molar refractivity (Wildman–Crippen MR) is 68.7 cm³/mol. The molecule has 0 aliphatic heterocycles. The molecule has 18 heavy (non-hydrogen) atoms. The summed E-state index contributed by atoms with van der Waals surface area (Å²) in [5, 5.41) is 2.75. The fourth-order valence-corrected chi connectivity index (χ4v) is 3.14. The van der Waals surface area contributed by atoms with Crippen LogP contribution in [0.3, 0.4) is 0 Å². The molecule has 0 spiro atoms. The topological polar surface area (TPSA) is 84.0 Å². The van der Waals surface area contributed by atoms with Crippen LogP contribution in [0.5, 0.6) is 0 Å². The van der Waals surface area contributed by atoms with Crippen molar-refractivity contribution >= 4 is 16.0 Å². The van der Waals surface area contributed by atoms with Crippen LogP contribution < -0.4 is 10.0 Å². The molecular weight excluding hydrogens is 252 g/mol. The van der Waals surface area contributed by atoms with Gasteiger partial charge in [-0.05, 0) is 18.8 Å². The summed E-state index contributed by atoms with van der Waals surface area (Å²) < 4.78 is 26.7. The van der Waals surface area contributed by atoms with Gasteiger partial charge in [0.15, 0.2) is 0 Å². The fourth-order valence-electron chi connectivity index (χ4n) is 1.93. The molecule has 0 radical (unpaired) electrons. The van der Waals surface area contributed by atoms with Crippen LogP contribution in [0.4, 0.5) is 5.95 Å². The standard InChI is InChI=1S/C11H18N4O2S/c1-3-4-8-5-10(8)15-18(16,17)9-6-13-11(12-2)14-7-9/h6-8,10,15H,3-5H2,1-2H3,(H,12,13,14). The Balaban J connectivity index is 2.02. The van der Waals surface area contributed by atoms with Crippen molar-refractivity contribution in [1.29, 1.82) is 0 Å². The lowest BCUT2D eigenvalue weighted by atomic mass is 10.2. The van der Waals surface area contributed by atoms with Crippen molar-refractivity contribution in [3.8, 4) is 0 Å². The van der Waals surface area contributed by atoms with Gasteiger partial charge >= 0.3 is 0 Å². The second-order valence-corrected chi connectivity index (χ2v) is 6.22. The Morgan fingerprint density at radius 1 is 1.39 bits per heavy atom. The van der Waals surface area contributed by atoms with Crippen LogP contribution in [-0.2, 0) is 10.0 Å². The molecule has 0 amide bonds. The zero-order valence-corrected chi connectivity index (χ0v) is 11.4. The number of hydrogen-bond donors (Lipinski definition) is 2. The molecular formula is C11H18N4O2S. The number of hydrogen-bond acceptors (Lipinski definition) is 5. The number of aromatic nitrogens is 2. The third-order valence-corrected chi connectivity index (χ3v) is 4.50. The SMILES string of the molecule is CCCC1CC1NS(=O)(=O)c1cnc(NC)nc1. The first-order valence-corrected chi connectivity index (χ1v) is 7.57. The van der Waals surface area contributed by atoms with Gasteiger partial charge in [-0.15, -0.1) is 0 Å². The summed E-state index contributed by atoms with van der Waals surface area (Å²) in [5.41, 5.74) is 0. The van der Waals surface area contributed by atoms with Crippen molar-refractivity contribution < 1.29 is 8.42 Å². The van der Waals surface area contributed by atoms with Gasteiger partial charge in [-0.3, -0.25) is 0 Å². The molecule has 1 saturated carbocycles. The summed E-state index contributed by atoms with van der Waals surface area (Å²) in [6.45, 7) is 2.11. The second-order valence-electron chi connectivity index (χ2n) is 4.50.